The molecule has 1 aromatic heterocycles. The molecular formula is C20H30N4O3. The molecular weight excluding hydrogens is 344 g/mol. The smallest absolute Gasteiger partial charge is 0.332 e. The van der Waals surface area contributed by atoms with Crippen molar-refractivity contribution in [2.75, 3.05) is 38.1 Å². The molecule has 0 aliphatic heterocycles. The maximum Gasteiger partial charge on any atom is 0.332 e. The fraction of sp³-hybridized carbons (Fsp3) is 0.500. The van der Waals surface area contributed by atoms with E-state index in [1.807, 2.05) is 25.1 Å². The van der Waals surface area contributed by atoms with Crippen LogP contribution in [0.1, 0.15) is 19.4 Å². The molecule has 0 atom stereocenters. The van der Waals surface area contributed by atoms with Gasteiger partial charge in [-0.05, 0) is 25.8 Å². The van der Waals surface area contributed by atoms with Crippen LogP contribution in [0.25, 0.3) is 0 Å². The van der Waals surface area contributed by atoms with E-state index in [-0.39, 0.29) is 17.9 Å². The van der Waals surface area contributed by atoms with Crippen LogP contribution in [0.4, 0.5) is 5.82 Å². The van der Waals surface area contributed by atoms with Gasteiger partial charge in [-0.15, -0.1) is 0 Å². The summed E-state index contributed by atoms with van der Waals surface area (Å²) in [5.41, 5.74) is 0.689. The predicted molar refractivity (Wildman–Crippen MR) is 108 cm³/mol. The minimum atomic E-state index is -0.286. The molecule has 0 radical (unpaired) electrons. The second kappa shape index (κ2) is 10.7. The summed E-state index contributed by atoms with van der Waals surface area (Å²) in [7, 11) is 0. The molecule has 7 heteroatoms. The van der Waals surface area contributed by atoms with Crippen LogP contribution in [0, 0.1) is 0 Å². The normalized spacial score (nSPS) is 11.1. The first kappa shape index (κ1) is 20.9. The molecule has 2 aromatic rings. The number of aromatic nitrogens is 2. The molecule has 0 bridgehead atoms. The molecule has 0 unspecified atom stereocenters. The summed E-state index contributed by atoms with van der Waals surface area (Å²) in [5.74, 6) is 0.546. The first-order chi connectivity index (χ1) is 13.1. The van der Waals surface area contributed by atoms with Gasteiger partial charge in [0.25, 0.3) is 5.56 Å². The van der Waals surface area contributed by atoms with Gasteiger partial charge in [-0.1, -0.05) is 30.3 Å². The molecule has 7 nitrogen and oxygen atoms in total. The summed E-state index contributed by atoms with van der Waals surface area (Å²) in [6.07, 6.45) is 0.910. The van der Waals surface area contributed by atoms with Crippen molar-refractivity contribution in [2.24, 2.45) is 0 Å². The summed E-state index contributed by atoms with van der Waals surface area (Å²) < 4.78 is 2.80. The topological polar surface area (TPSA) is 79.5 Å². The number of nitrogens with zero attached hydrogens (tertiary/aromatic N) is 3. The van der Waals surface area contributed by atoms with E-state index < -0.39 is 0 Å². The second-order valence-electron chi connectivity index (χ2n) is 6.37. The molecule has 0 saturated heterocycles. The zero-order chi connectivity index (χ0) is 19.6. The van der Waals surface area contributed by atoms with E-state index in [9.17, 15) is 14.7 Å². The van der Waals surface area contributed by atoms with Crippen LogP contribution < -0.4 is 16.6 Å². The van der Waals surface area contributed by atoms with Gasteiger partial charge < -0.3 is 10.4 Å². The van der Waals surface area contributed by atoms with Gasteiger partial charge in [-0.2, -0.15) is 0 Å². The fourth-order valence-electron chi connectivity index (χ4n) is 3.11. The zero-order valence-corrected chi connectivity index (χ0v) is 16.2. The van der Waals surface area contributed by atoms with E-state index in [0.29, 0.717) is 38.5 Å². The van der Waals surface area contributed by atoms with Crippen LogP contribution in [-0.2, 0) is 19.5 Å². The number of hydrogen-bond donors (Lipinski definition) is 2. The summed E-state index contributed by atoms with van der Waals surface area (Å²) in [4.78, 5) is 26.6. The van der Waals surface area contributed by atoms with Gasteiger partial charge >= 0.3 is 5.69 Å². The van der Waals surface area contributed by atoms with Crippen LogP contribution in [0.3, 0.4) is 0 Å². The van der Waals surface area contributed by atoms with Crippen molar-refractivity contribution < 1.29 is 5.11 Å². The van der Waals surface area contributed by atoms with Gasteiger partial charge in [-0.3, -0.25) is 18.8 Å². The van der Waals surface area contributed by atoms with E-state index >= 15 is 0 Å². The lowest BCUT2D eigenvalue weighted by Gasteiger charge is -2.22. The Morgan fingerprint density at radius 2 is 1.70 bits per heavy atom. The van der Waals surface area contributed by atoms with Crippen LogP contribution >= 0.6 is 0 Å². The number of rotatable bonds is 11. The Morgan fingerprint density at radius 3 is 2.33 bits per heavy atom. The molecule has 0 aliphatic carbocycles. The average Bonchev–Trinajstić information content (AvgIpc) is 2.67. The summed E-state index contributed by atoms with van der Waals surface area (Å²) in [6, 6.07) is 11.7. The SMILES string of the molecule is CCn1c(NCCN(CCO)CCc2ccccc2)cc(=O)n(CC)c1=O. The quantitative estimate of drug-likeness (QED) is 0.613. The number of nitrogens with one attached hydrogen (secondary N) is 1. The molecule has 0 fully saturated rings. The Kier molecular flexibility index (Phi) is 8.29. The molecule has 0 saturated carbocycles. The lowest BCUT2D eigenvalue weighted by Crippen LogP contribution is -2.40. The Labute approximate surface area is 159 Å². The van der Waals surface area contributed by atoms with Crippen LogP contribution in [0.2, 0.25) is 0 Å². The van der Waals surface area contributed by atoms with Gasteiger partial charge in [0.05, 0.1) is 6.61 Å². The van der Waals surface area contributed by atoms with E-state index in [4.69, 9.17) is 0 Å². The highest BCUT2D eigenvalue weighted by atomic mass is 16.3. The van der Waals surface area contributed by atoms with Crippen molar-refractivity contribution in [3.05, 3.63) is 62.8 Å². The van der Waals surface area contributed by atoms with E-state index in [2.05, 4.69) is 22.3 Å². The molecule has 1 heterocycles. The third-order valence-corrected chi connectivity index (χ3v) is 4.62. The first-order valence-electron chi connectivity index (χ1n) is 9.56. The van der Waals surface area contributed by atoms with E-state index in [1.165, 1.54) is 16.2 Å². The zero-order valence-electron chi connectivity index (χ0n) is 16.2. The monoisotopic (exact) mass is 374 g/mol. The van der Waals surface area contributed by atoms with E-state index in [0.717, 1.165) is 13.0 Å². The Balaban J connectivity index is 1.98. The minimum absolute atomic E-state index is 0.0982. The number of aliphatic hydroxyl groups is 1. The lowest BCUT2D eigenvalue weighted by atomic mass is 10.1. The van der Waals surface area contributed by atoms with Crippen molar-refractivity contribution in [3.8, 4) is 0 Å². The number of aliphatic hydroxyl groups excluding tert-OH is 1. The summed E-state index contributed by atoms with van der Waals surface area (Å²) >= 11 is 0. The summed E-state index contributed by atoms with van der Waals surface area (Å²) in [6.45, 7) is 7.35. The Morgan fingerprint density at radius 1 is 1.00 bits per heavy atom. The maximum atomic E-state index is 12.4. The van der Waals surface area contributed by atoms with Gasteiger partial charge in [0.1, 0.15) is 5.82 Å². The van der Waals surface area contributed by atoms with Crippen LogP contribution in [-0.4, -0.2) is 51.9 Å². The van der Waals surface area contributed by atoms with Gasteiger partial charge in [0, 0.05) is 45.3 Å². The third kappa shape index (κ3) is 5.80. The molecule has 2 N–H and O–H groups in total. The van der Waals surface area contributed by atoms with E-state index in [1.54, 1.807) is 11.5 Å². The standard InChI is InChI=1S/C20H30N4O3/c1-3-23-18(16-19(26)24(4-2)20(23)27)21-11-13-22(14-15-25)12-10-17-8-6-5-7-9-17/h5-9,16,21,25H,3-4,10-15H2,1-2H3. The Bertz CT molecular complexity index is 814. The molecule has 0 amide bonds. The van der Waals surface area contributed by atoms with Crippen molar-refractivity contribution in [1.82, 2.24) is 14.0 Å². The largest absolute Gasteiger partial charge is 0.395 e. The third-order valence-electron chi connectivity index (χ3n) is 4.62. The molecule has 2 rings (SSSR count). The predicted octanol–water partition coefficient (Wildman–Crippen LogP) is 0.999. The number of hydrogen-bond acceptors (Lipinski definition) is 5. The van der Waals surface area contributed by atoms with Gasteiger partial charge in [-0.25, -0.2) is 4.79 Å². The molecule has 0 spiro atoms. The van der Waals surface area contributed by atoms with Gasteiger partial charge in [0.15, 0.2) is 0 Å². The first-order valence-corrected chi connectivity index (χ1v) is 9.56. The van der Waals surface area contributed by atoms with Gasteiger partial charge in [0.2, 0.25) is 0 Å². The maximum absolute atomic E-state index is 12.4. The minimum Gasteiger partial charge on any atom is -0.395 e. The highest BCUT2D eigenvalue weighted by Crippen LogP contribution is 2.03. The number of benzene rings is 1. The highest BCUT2D eigenvalue weighted by Gasteiger charge is 2.10. The lowest BCUT2D eigenvalue weighted by molar-refractivity contribution is 0.201. The molecule has 148 valence electrons. The van der Waals surface area contributed by atoms with Crippen LogP contribution in [0.5, 0.6) is 0 Å². The molecule has 27 heavy (non-hydrogen) atoms. The fourth-order valence-corrected chi connectivity index (χ4v) is 3.11. The van der Waals surface area contributed by atoms with Crippen LogP contribution in [0.15, 0.2) is 46.0 Å². The molecule has 0 aliphatic rings. The van der Waals surface area contributed by atoms with Crippen molar-refractivity contribution in [2.45, 2.75) is 33.4 Å². The summed E-state index contributed by atoms with van der Waals surface area (Å²) in [5, 5.41) is 12.5. The Hall–Kier alpha value is -2.38. The molecule has 1 aromatic carbocycles. The number of anilines is 1. The van der Waals surface area contributed by atoms with Crippen molar-refractivity contribution in [1.29, 1.82) is 0 Å². The highest BCUT2D eigenvalue weighted by molar-refractivity contribution is 5.34. The average molecular weight is 374 g/mol. The van der Waals surface area contributed by atoms with Crippen molar-refractivity contribution in [3.63, 3.8) is 0 Å². The van der Waals surface area contributed by atoms with Crippen molar-refractivity contribution >= 4 is 5.82 Å². The second-order valence-corrected chi connectivity index (χ2v) is 6.37.